The third-order valence-corrected chi connectivity index (χ3v) is 3.58. The van der Waals surface area contributed by atoms with E-state index < -0.39 is 6.10 Å². The Morgan fingerprint density at radius 1 is 1.22 bits per heavy atom. The average Bonchev–Trinajstić information content (AvgIpc) is 2.75. The third-order valence-electron chi connectivity index (χ3n) is 3.58. The van der Waals surface area contributed by atoms with Gasteiger partial charge in [0, 0.05) is 0 Å². The maximum atomic E-state index is 10.3. The Kier molecular flexibility index (Phi) is 4.41. The molecule has 1 aliphatic rings. The van der Waals surface area contributed by atoms with Crippen molar-refractivity contribution in [3.8, 4) is 0 Å². The number of hydrogen-bond donors (Lipinski definition) is 1. The van der Waals surface area contributed by atoms with Gasteiger partial charge >= 0.3 is 0 Å². The van der Waals surface area contributed by atoms with Gasteiger partial charge in [-0.15, -0.1) is 0 Å². The molecule has 0 radical (unpaired) electrons. The number of rotatable bonds is 4. The second kappa shape index (κ2) is 5.85. The molecule has 2 rings (SSSR count). The van der Waals surface area contributed by atoms with Crippen LogP contribution in [-0.2, 0) is 11.2 Å². The van der Waals surface area contributed by atoms with Gasteiger partial charge in [0.2, 0.25) is 0 Å². The number of aliphatic hydroxyl groups is 1. The van der Waals surface area contributed by atoms with Crippen LogP contribution in [0.3, 0.4) is 0 Å². The van der Waals surface area contributed by atoms with Crippen LogP contribution in [0.2, 0.25) is 0 Å². The van der Waals surface area contributed by atoms with E-state index in [1.54, 1.807) is 0 Å². The second-order valence-corrected chi connectivity index (χ2v) is 5.85. The van der Waals surface area contributed by atoms with Crippen molar-refractivity contribution in [3.05, 3.63) is 35.4 Å². The summed E-state index contributed by atoms with van der Waals surface area (Å²) >= 11 is 0. The zero-order valence-corrected chi connectivity index (χ0v) is 11.6. The summed E-state index contributed by atoms with van der Waals surface area (Å²) in [7, 11) is 0. The highest BCUT2D eigenvalue weighted by molar-refractivity contribution is 5.25. The molecule has 1 fully saturated rings. The topological polar surface area (TPSA) is 29.5 Å². The van der Waals surface area contributed by atoms with E-state index in [0.717, 1.165) is 24.8 Å². The molecule has 100 valence electrons. The summed E-state index contributed by atoms with van der Waals surface area (Å²) in [6.45, 7) is 6.51. The fraction of sp³-hybridized carbons (Fsp3) is 0.625. The Morgan fingerprint density at radius 2 is 1.89 bits per heavy atom. The zero-order valence-electron chi connectivity index (χ0n) is 11.6. The maximum absolute atomic E-state index is 10.3. The molecule has 1 aromatic rings. The SMILES string of the molecule is CC(C)Cc1ccc(C(O)C2CCC(C)O2)cc1. The van der Waals surface area contributed by atoms with E-state index in [1.807, 2.05) is 12.1 Å². The lowest BCUT2D eigenvalue weighted by Crippen LogP contribution is -2.18. The Hall–Kier alpha value is -0.860. The highest BCUT2D eigenvalue weighted by atomic mass is 16.5. The van der Waals surface area contributed by atoms with Crippen molar-refractivity contribution in [2.24, 2.45) is 5.92 Å². The van der Waals surface area contributed by atoms with E-state index in [-0.39, 0.29) is 12.2 Å². The van der Waals surface area contributed by atoms with Crippen LogP contribution >= 0.6 is 0 Å². The van der Waals surface area contributed by atoms with Gasteiger partial charge in [0.1, 0.15) is 6.10 Å². The minimum atomic E-state index is -0.483. The molecule has 3 unspecified atom stereocenters. The first-order valence-corrected chi connectivity index (χ1v) is 6.98. The first kappa shape index (κ1) is 13.6. The van der Waals surface area contributed by atoms with Crippen molar-refractivity contribution in [2.75, 3.05) is 0 Å². The normalized spacial score (nSPS) is 25.6. The van der Waals surface area contributed by atoms with Crippen LogP contribution in [0.1, 0.15) is 50.8 Å². The van der Waals surface area contributed by atoms with Gasteiger partial charge in [0.25, 0.3) is 0 Å². The van der Waals surface area contributed by atoms with Crippen LogP contribution in [0.4, 0.5) is 0 Å². The van der Waals surface area contributed by atoms with Crippen molar-refractivity contribution < 1.29 is 9.84 Å². The van der Waals surface area contributed by atoms with E-state index >= 15 is 0 Å². The van der Waals surface area contributed by atoms with Gasteiger partial charge in [-0.1, -0.05) is 38.1 Å². The lowest BCUT2D eigenvalue weighted by Gasteiger charge is -2.19. The Morgan fingerprint density at radius 3 is 2.39 bits per heavy atom. The fourth-order valence-corrected chi connectivity index (χ4v) is 2.60. The summed E-state index contributed by atoms with van der Waals surface area (Å²) in [6.07, 6.45) is 2.86. The van der Waals surface area contributed by atoms with Crippen LogP contribution in [-0.4, -0.2) is 17.3 Å². The monoisotopic (exact) mass is 248 g/mol. The highest BCUT2D eigenvalue weighted by Gasteiger charge is 2.29. The zero-order chi connectivity index (χ0) is 13.1. The molecule has 0 saturated carbocycles. The molecule has 2 heteroatoms. The number of hydrogen-bond acceptors (Lipinski definition) is 2. The van der Waals surface area contributed by atoms with Gasteiger partial charge < -0.3 is 9.84 Å². The van der Waals surface area contributed by atoms with Crippen LogP contribution in [0.25, 0.3) is 0 Å². The van der Waals surface area contributed by atoms with Crippen molar-refractivity contribution >= 4 is 0 Å². The van der Waals surface area contributed by atoms with E-state index in [0.29, 0.717) is 5.92 Å². The van der Waals surface area contributed by atoms with E-state index in [2.05, 4.69) is 32.9 Å². The molecule has 2 nitrogen and oxygen atoms in total. The molecule has 0 aliphatic carbocycles. The number of benzene rings is 1. The van der Waals surface area contributed by atoms with E-state index in [4.69, 9.17) is 4.74 Å². The molecule has 0 spiro atoms. The number of aliphatic hydroxyl groups excluding tert-OH is 1. The standard InChI is InChI=1S/C16H24O2/c1-11(2)10-13-5-7-14(8-6-13)16(17)15-9-4-12(3)18-15/h5-8,11-12,15-17H,4,9-10H2,1-3H3. The van der Waals surface area contributed by atoms with Gasteiger partial charge in [-0.2, -0.15) is 0 Å². The molecule has 0 bridgehead atoms. The molecule has 1 saturated heterocycles. The second-order valence-electron chi connectivity index (χ2n) is 5.85. The van der Waals surface area contributed by atoms with Gasteiger partial charge in [-0.05, 0) is 43.2 Å². The molecule has 3 atom stereocenters. The van der Waals surface area contributed by atoms with Crippen molar-refractivity contribution in [1.82, 2.24) is 0 Å². The predicted octanol–water partition coefficient (Wildman–Crippen LogP) is 3.49. The van der Waals surface area contributed by atoms with Crippen LogP contribution in [0.5, 0.6) is 0 Å². The molecule has 18 heavy (non-hydrogen) atoms. The highest BCUT2D eigenvalue weighted by Crippen LogP contribution is 2.30. The molecule has 0 amide bonds. The Bertz CT molecular complexity index is 369. The van der Waals surface area contributed by atoms with Gasteiger partial charge in [0.15, 0.2) is 0 Å². The minimum absolute atomic E-state index is 0.0315. The van der Waals surface area contributed by atoms with Crippen molar-refractivity contribution in [1.29, 1.82) is 0 Å². The van der Waals surface area contributed by atoms with Crippen molar-refractivity contribution in [2.45, 2.75) is 58.3 Å². The molecule has 1 aliphatic heterocycles. The Balaban J connectivity index is 2.00. The fourth-order valence-electron chi connectivity index (χ4n) is 2.60. The molecule has 1 aromatic carbocycles. The molecular weight excluding hydrogens is 224 g/mol. The summed E-state index contributed by atoms with van der Waals surface area (Å²) in [5.74, 6) is 0.666. The summed E-state index contributed by atoms with van der Waals surface area (Å²) in [5.41, 5.74) is 2.31. The van der Waals surface area contributed by atoms with Gasteiger partial charge in [-0.25, -0.2) is 0 Å². The lowest BCUT2D eigenvalue weighted by molar-refractivity contribution is -0.0297. The van der Waals surface area contributed by atoms with Crippen LogP contribution < -0.4 is 0 Å². The van der Waals surface area contributed by atoms with Crippen LogP contribution in [0.15, 0.2) is 24.3 Å². The number of ether oxygens (including phenoxy) is 1. The summed E-state index contributed by atoms with van der Waals surface area (Å²) in [4.78, 5) is 0. The smallest absolute Gasteiger partial charge is 0.105 e. The summed E-state index contributed by atoms with van der Waals surface area (Å²) in [6, 6.07) is 8.32. The average molecular weight is 248 g/mol. The largest absolute Gasteiger partial charge is 0.386 e. The Labute approximate surface area is 110 Å². The summed E-state index contributed by atoms with van der Waals surface area (Å²) < 4.78 is 5.72. The third kappa shape index (κ3) is 3.33. The molecular formula is C16H24O2. The van der Waals surface area contributed by atoms with E-state index in [1.165, 1.54) is 5.56 Å². The first-order chi connectivity index (χ1) is 8.56. The first-order valence-electron chi connectivity index (χ1n) is 6.98. The van der Waals surface area contributed by atoms with Gasteiger partial charge in [-0.3, -0.25) is 0 Å². The predicted molar refractivity (Wildman–Crippen MR) is 73.5 cm³/mol. The van der Waals surface area contributed by atoms with Crippen molar-refractivity contribution in [3.63, 3.8) is 0 Å². The van der Waals surface area contributed by atoms with Gasteiger partial charge in [0.05, 0.1) is 12.2 Å². The maximum Gasteiger partial charge on any atom is 0.105 e. The molecule has 1 N–H and O–H groups in total. The summed E-state index contributed by atoms with van der Waals surface area (Å²) in [5, 5.41) is 10.3. The van der Waals surface area contributed by atoms with Crippen LogP contribution in [0, 0.1) is 5.92 Å². The lowest BCUT2D eigenvalue weighted by atomic mass is 9.98. The molecule has 1 heterocycles. The quantitative estimate of drug-likeness (QED) is 0.884. The minimum Gasteiger partial charge on any atom is -0.386 e. The molecule has 0 aromatic heterocycles. The van der Waals surface area contributed by atoms with E-state index in [9.17, 15) is 5.11 Å².